The zero-order chi connectivity index (χ0) is 15.0. The van der Waals surface area contributed by atoms with Gasteiger partial charge in [0, 0.05) is 9.50 Å². The van der Waals surface area contributed by atoms with Gasteiger partial charge in [-0.3, -0.25) is 0 Å². The molecule has 1 aromatic heterocycles. The van der Waals surface area contributed by atoms with Crippen LogP contribution in [0.2, 0.25) is 5.02 Å². The Morgan fingerprint density at radius 3 is 2.81 bits per heavy atom. The molecule has 3 rings (SSSR count). The van der Waals surface area contributed by atoms with Gasteiger partial charge in [-0.1, -0.05) is 27.5 Å². The molecule has 0 aliphatic heterocycles. The molecule has 0 saturated carbocycles. The van der Waals surface area contributed by atoms with Gasteiger partial charge in [-0.05, 0) is 36.4 Å². The van der Waals surface area contributed by atoms with Crippen molar-refractivity contribution in [1.82, 2.24) is 4.98 Å². The summed E-state index contributed by atoms with van der Waals surface area (Å²) in [4.78, 5) is 16.5. The second-order valence-corrected chi connectivity index (χ2v) is 5.66. The summed E-state index contributed by atoms with van der Waals surface area (Å²) in [6.45, 7) is 0. The van der Waals surface area contributed by atoms with Crippen LogP contribution in [0, 0.1) is 0 Å². The van der Waals surface area contributed by atoms with Gasteiger partial charge in [-0.15, -0.1) is 0 Å². The van der Waals surface area contributed by atoms with E-state index in [1.807, 2.05) is 6.07 Å². The van der Waals surface area contributed by atoms with Crippen LogP contribution in [0.15, 0.2) is 50.1 Å². The van der Waals surface area contributed by atoms with Crippen LogP contribution in [0.1, 0.15) is 0 Å². The van der Waals surface area contributed by atoms with E-state index in [0.29, 0.717) is 27.2 Å². The highest BCUT2D eigenvalue weighted by Gasteiger charge is 2.14. The highest BCUT2D eigenvalue weighted by atomic mass is 79.9. The van der Waals surface area contributed by atoms with Crippen LogP contribution >= 0.6 is 27.5 Å². The molecule has 0 aliphatic carbocycles. The van der Waals surface area contributed by atoms with Crippen molar-refractivity contribution in [2.45, 2.75) is 0 Å². The Kier molecular flexibility index (Phi) is 3.69. The maximum Gasteiger partial charge on any atom is 0.347 e. The fourth-order valence-corrected chi connectivity index (χ4v) is 2.54. The predicted molar refractivity (Wildman–Crippen MR) is 85.0 cm³/mol. The van der Waals surface area contributed by atoms with Crippen molar-refractivity contribution in [3.63, 3.8) is 0 Å². The van der Waals surface area contributed by atoms with Crippen molar-refractivity contribution in [2.24, 2.45) is 0 Å². The van der Waals surface area contributed by atoms with Crippen LogP contribution in [-0.4, -0.2) is 12.1 Å². The topological polar surface area (TPSA) is 52.3 Å². The first-order valence-electron chi connectivity index (χ1n) is 6.03. The second kappa shape index (κ2) is 5.50. The van der Waals surface area contributed by atoms with E-state index >= 15 is 0 Å². The van der Waals surface area contributed by atoms with E-state index in [9.17, 15) is 4.79 Å². The Labute approximate surface area is 133 Å². The van der Waals surface area contributed by atoms with Gasteiger partial charge in [0.05, 0.1) is 23.6 Å². The third-order valence-electron chi connectivity index (χ3n) is 2.98. The smallest absolute Gasteiger partial charge is 0.347 e. The summed E-state index contributed by atoms with van der Waals surface area (Å²) in [6.07, 6.45) is 0. The van der Waals surface area contributed by atoms with E-state index in [-0.39, 0.29) is 5.89 Å². The van der Waals surface area contributed by atoms with E-state index in [4.69, 9.17) is 20.8 Å². The maximum atomic E-state index is 12.1. The fourth-order valence-electron chi connectivity index (χ4n) is 2.01. The number of hydrogen-bond donors (Lipinski definition) is 0. The number of methoxy groups -OCH3 is 1. The average Bonchev–Trinajstić information content (AvgIpc) is 2.47. The molecule has 2 aromatic carbocycles. The van der Waals surface area contributed by atoms with Crippen molar-refractivity contribution in [3.8, 4) is 17.2 Å². The molecule has 0 saturated heterocycles. The van der Waals surface area contributed by atoms with Gasteiger partial charge < -0.3 is 9.15 Å². The summed E-state index contributed by atoms with van der Waals surface area (Å²) < 4.78 is 11.3. The molecule has 0 N–H and O–H groups in total. The van der Waals surface area contributed by atoms with Crippen molar-refractivity contribution in [2.75, 3.05) is 7.11 Å². The quantitative estimate of drug-likeness (QED) is 0.679. The normalized spacial score (nSPS) is 10.8. The molecule has 21 heavy (non-hydrogen) atoms. The zero-order valence-corrected chi connectivity index (χ0v) is 13.2. The minimum Gasteiger partial charge on any atom is -0.496 e. The van der Waals surface area contributed by atoms with E-state index in [1.165, 1.54) is 7.11 Å². The maximum absolute atomic E-state index is 12.1. The van der Waals surface area contributed by atoms with Crippen molar-refractivity contribution in [3.05, 3.63) is 56.3 Å². The molecule has 4 nitrogen and oxygen atoms in total. The monoisotopic (exact) mass is 365 g/mol. The van der Waals surface area contributed by atoms with Gasteiger partial charge >= 0.3 is 5.63 Å². The molecule has 0 spiro atoms. The van der Waals surface area contributed by atoms with Gasteiger partial charge in [-0.25, -0.2) is 9.78 Å². The largest absolute Gasteiger partial charge is 0.496 e. The fraction of sp³-hybridized carbons (Fsp3) is 0.0667. The lowest BCUT2D eigenvalue weighted by Gasteiger charge is -2.07. The Balaban J connectivity index is 2.29. The van der Waals surface area contributed by atoms with Gasteiger partial charge in [-0.2, -0.15) is 0 Å². The minimum atomic E-state index is -0.460. The minimum absolute atomic E-state index is 0.175. The number of hydrogen-bond acceptors (Lipinski definition) is 4. The average molecular weight is 367 g/mol. The van der Waals surface area contributed by atoms with Crippen LogP contribution in [0.25, 0.3) is 22.4 Å². The van der Waals surface area contributed by atoms with Gasteiger partial charge in [0.2, 0.25) is 5.89 Å². The summed E-state index contributed by atoms with van der Waals surface area (Å²) in [6, 6.07) is 10.3. The molecule has 0 bridgehead atoms. The molecule has 0 atom stereocenters. The van der Waals surface area contributed by atoms with Crippen molar-refractivity contribution < 1.29 is 9.15 Å². The molecule has 106 valence electrons. The van der Waals surface area contributed by atoms with Gasteiger partial charge in [0.25, 0.3) is 0 Å². The number of rotatable bonds is 2. The predicted octanol–water partition coefficient (Wildman–Crippen LogP) is 4.28. The first-order chi connectivity index (χ1) is 10.1. The van der Waals surface area contributed by atoms with Crippen molar-refractivity contribution in [1.29, 1.82) is 0 Å². The Morgan fingerprint density at radius 1 is 1.24 bits per heavy atom. The molecule has 0 amide bonds. The van der Waals surface area contributed by atoms with Crippen LogP contribution in [-0.2, 0) is 0 Å². The van der Waals surface area contributed by atoms with Crippen LogP contribution in [0.5, 0.6) is 5.75 Å². The lowest BCUT2D eigenvalue weighted by atomic mass is 10.2. The third kappa shape index (κ3) is 2.66. The number of halogens is 2. The van der Waals surface area contributed by atoms with E-state index < -0.39 is 5.63 Å². The highest BCUT2D eigenvalue weighted by Crippen LogP contribution is 2.31. The summed E-state index contributed by atoms with van der Waals surface area (Å²) in [5.74, 6) is 0.709. The van der Waals surface area contributed by atoms with Crippen LogP contribution in [0.4, 0.5) is 0 Å². The molecule has 0 aliphatic rings. The number of aromatic nitrogens is 1. The number of ether oxygens (including phenoxy) is 1. The molecule has 1 heterocycles. The molecule has 0 radical (unpaired) electrons. The van der Waals surface area contributed by atoms with Crippen LogP contribution in [0.3, 0.4) is 0 Å². The van der Waals surface area contributed by atoms with E-state index in [2.05, 4.69) is 20.9 Å². The second-order valence-electron chi connectivity index (χ2n) is 4.31. The van der Waals surface area contributed by atoms with Crippen LogP contribution < -0.4 is 10.4 Å². The Bertz CT molecular complexity index is 892. The Morgan fingerprint density at radius 2 is 2.05 bits per heavy atom. The molecular weight excluding hydrogens is 358 g/mol. The molecule has 0 unspecified atom stereocenters. The van der Waals surface area contributed by atoms with E-state index in [1.54, 1.807) is 30.3 Å². The number of nitrogens with zero attached hydrogens (tertiary/aromatic N) is 1. The zero-order valence-electron chi connectivity index (χ0n) is 10.9. The first-order valence-corrected chi connectivity index (χ1v) is 7.20. The summed E-state index contributed by atoms with van der Waals surface area (Å²) in [5.41, 5.74) is 0.622. The summed E-state index contributed by atoms with van der Waals surface area (Å²) in [7, 11) is 1.53. The molecular formula is C15H9BrClNO3. The number of fused-ring (bicyclic) bond motifs is 1. The molecule has 0 fully saturated rings. The summed E-state index contributed by atoms with van der Waals surface area (Å²) in [5, 5.41) is 0.917. The Hall–Kier alpha value is -1.85. The number of benzene rings is 2. The molecule has 6 heteroatoms. The molecule has 3 aromatic rings. The van der Waals surface area contributed by atoms with Crippen molar-refractivity contribution >= 4 is 38.4 Å². The summed E-state index contributed by atoms with van der Waals surface area (Å²) >= 11 is 9.31. The lowest BCUT2D eigenvalue weighted by Crippen LogP contribution is -2.03. The highest BCUT2D eigenvalue weighted by molar-refractivity contribution is 9.10. The van der Waals surface area contributed by atoms with Gasteiger partial charge in [0.1, 0.15) is 5.75 Å². The standard InChI is InChI=1S/C15H9BrClNO3/c1-20-13-5-3-9(17)7-11(13)14-18-12-4-2-8(16)6-10(12)15(19)21-14/h2-7H,1H3. The van der Waals surface area contributed by atoms with Gasteiger partial charge in [0.15, 0.2) is 0 Å². The van der Waals surface area contributed by atoms with E-state index in [0.717, 1.165) is 4.47 Å². The first kappa shape index (κ1) is 14.1. The third-order valence-corrected chi connectivity index (χ3v) is 3.71. The SMILES string of the molecule is COc1ccc(Cl)cc1-c1nc2ccc(Br)cc2c(=O)o1. The lowest BCUT2D eigenvalue weighted by molar-refractivity contribution is 0.413.